The van der Waals surface area contributed by atoms with E-state index in [9.17, 15) is 112 Å². The van der Waals surface area contributed by atoms with Gasteiger partial charge in [0.05, 0.1) is 32.3 Å². The van der Waals surface area contributed by atoms with Gasteiger partial charge in [-0.25, -0.2) is 4.79 Å². The Hall–Kier alpha value is -12.2. The Balaban J connectivity index is 1.77. The number of carbonyl (C=O) groups excluding carboxylic acids is 16. The van der Waals surface area contributed by atoms with E-state index in [0.717, 1.165) is 11.9 Å². The first-order valence-corrected chi connectivity index (χ1v) is 42.0. The number of guanidine groups is 2. The second-order valence-electron chi connectivity index (χ2n) is 30.8. The first kappa shape index (κ1) is 108. The lowest BCUT2D eigenvalue weighted by atomic mass is 9.95. The average molecular weight is 1820 g/mol. The lowest BCUT2D eigenvalue weighted by Gasteiger charge is -2.34. The Morgan fingerprint density at radius 2 is 0.921 bits per heavy atom. The van der Waals surface area contributed by atoms with Crippen molar-refractivity contribution in [2.45, 2.75) is 216 Å². The lowest BCUT2D eigenvalue weighted by molar-refractivity contribution is -0.143. The molecule has 2 aromatic carbocycles. The zero-order valence-electron chi connectivity index (χ0n) is 71.4. The van der Waals surface area contributed by atoms with Crippen LogP contribution in [0.5, 0.6) is 5.75 Å². The number of carboxylic acids is 2. The molecule has 0 spiro atoms. The van der Waals surface area contributed by atoms with Gasteiger partial charge in [0.15, 0.2) is 11.9 Å². The molecule has 30 N–H and O–H groups in total. The predicted molar refractivity (Wildman–Crippen MR) is 461 cm³/mol. The number of rotatable bonds is 56. The molecule has 16 atom stereocenters. The molecule has 2 aromatic rings. The summed E-state index contributed by atoms with van der Waals surface area (Å²) in [6.45, 7) is 7.13. The summed E-state index contributed by atoms with van der Waals surface area (Å²) in [5.74, 6) is -22.8. The van der Waals surface area contributed by atoms with Gasteiger partial charge in [-0.15, -0.1) is 0 Å². The van der Waals surface area contributed by atoms with E-state index in [1.54, 1.807) is 65.0 Å². The number of hydrogen-bond acceptors (Lipinski definition) is 26. The highest BCUT2D eigenvalue weighted by molar-refractivity contribution is 7.80. The number of aliphatic hydroxyl groups is 2. The van der Waals surface area contributed by atoms with Crippen LogP contribution in [0.1, 0.15) is 124 Å². The molecule has 46 nitrogen and oxygen atoms in total. The number of primary amides is 1. The maximum atomic E-state index is 14.6. The van der Waals surface area contributed by atoms with Crippen molar-refractivity contribution in [1.82, 2.24) is 89.6 Å². The number of phenols is 1. The van der Waals surface area contributed by atoms with Crippen molar-refractivity contribution in [1.29, 1.82) is 10.8 Å². The molecule has 0 radical (unpaired) electrons. The number of carbonyl (C=O) groups is 18. The number of hydrogen-bond donors (Lipinski definition) is 28. The van der Waals surface area contributed by atoms with E-state index in [4.69, 9.17) is 33.8 Å². The second-order valence-corrected chi connectivity index (χ2v) is 31.6. The number of phenolic OH excluding ortho intramolecular Hbond substituents is 1. The van der Waals surface area contributed by atoms with E-state index < -0.39 is 284 Å². The summed E-state index contributed by atoms with van der Waals surface area (Å²) in [4.78, 5) is 247. The van der Waals surface area contributed by atoms with Gasteiger partial charge in [0.25, 0.3) is 0 Å². The summed E-state index contributed by atoms with van der Waals surface area (Å²) in [6.07, 6.45) is -2.12. The van der Waals surface area contributed by atoms with Crippen molar-refractivity contribution in [3.05, 3.63) is 65.7 Å². The normalized spacial score (nSPS) is 16.2. The molecule has 700 valence electrons. The molecular weight excluding hydrogens is 1690 g/mol. The van der Waals surface area contributed by atoms with Crippen LogP contribution >= 0.6 is 25.3 Å². The molecule has 8 unspecified atom stereocenters. The molecule has 1 aliphatic heterocycles. The molecule has 0 bridgehead atoms. The number of carboxylic acid groups (broad SMARTS) is 2. The van der Waals surface area contributed by atoms with Crippen molar-refractivity contribution >= 4 is 144 Å². The van der Waals surface area contributed by atoms with Crippen LogP contribution in [-0.2, 0) is 99.1 Å². The molecule has 0 aliphatic carbocycles. The van der Waals surface area contributed by atoms with Crippen molar-refractivity contribution in [2.24, 2.45) is 40.7 Å². The summed E-state index contributed by atoms with van der Waals surface area (Å²) in [5.41, 5.74) is 23.5. The maximum Gasteiger partial charge on any atom is 0.326 e. The first-order chi connectivity index (χ1) is 59.3. The zero-order chi connectivity index (χ0) is 94.9. The molecule has 1 heterocycles. The number of nitrogens with one attached hydrogen (secondary N) is 17. The van der Waals surface area contributed by atoms with E-state index in [1.807, 2.05) is 0 Å². The van der Waals surface area contributed by atoms with Crippen molar-refractivity contribution < 1.29 is 112 Å². The minimum absolute atomic E-state index is 0.0281. The van der Waals surface area contributed by atoms with Gasteiger partial charge in [-0.1, -0.05) is 90.4 Å². The maximum absolute atomic E-state index is 14.6. The van der Waals surface area contributed by atoms with Gasteiger partial charge >= 0.3 is 11.9 Å². The van der Waals surface area contributed by atoms with Crippen molar-refractivity contribution in [3.63, 3.8) is 0 Å². The largest absolute Gasteiger partial charge is 0.508 e. The highest BCUT2D eigenvalue weighted by Gasteiger charge is 2.44. The number of thiol groups is 2. The van der Waals surface area contributed by atoms with Crippen LogP contribution in [0.3, 0.4) is 0 Å². The number of amides is 16. The summed E-state index contributed by atoms with van der Waals surface area (Å²) >= 11 is 8.40. The Morgan fingerprint density at radius 1 is 0.500 bits per heavy atom. The van der Waals surface area contributed by atoms with Gasteiger partial charge in [0, 0.05) is 63.4 Å². The molecular formula is C78H123N23O23S2. The molecule has 1 fully saturated rings. The molecule has 1 saturated heterocycles. The van der Waals surface area contributed by atoms with E-state index in [1.165, 1.54) is 43.0 Å². The Morgan fingerprint density at radius 3 is 1.40 bits per heavy atom. The number of aliphatic carboxylic acids is 2. The van der Waals surface area contributed by atoms with Gasteiger partial charge in [-0.2, -0.15) is 25.3 Å². The average Bonchev–Trinajstić information content (AvgIpc) is 1.65. The quantitative estimate of drug-likeness (QED) is 0.0127. The number of aliphatic hydroxyl groups excluding tert-OH is 2. The highest BCUT2D eigenvalue weighted by Crippen LogP contribution is 2.25. The fourth-order valence-electron chi connectivity index (χ4n) is 13.0. The summed E-state index contributed by atoms with van der Waals surface area (Å²) < 4.78 is 0. The Labute approximate surface area is 738 Å². The highest BCUT2D eigenvalue weighted by atomic mass is 32.1. The number of nitrogens with zero attached hydrogens (tertiary/aromatic N) is 2. The van der Waals surface area contributed by atoms with E-state index in [-0.39, 0.29) is 69.7 Å². The number of nitrogens with two attached hydrogens (primary N) is 4. The number of likely N-dealkylation sites (N-methyl/N-ethyl adjacent to an activating group) is 1. The zero-order valence-corrected chi connectivity index (χ0v) is 73.2. The smallest absolute Gasteiger partial charge is 0.326 e. The van der Waals surface area contributed by atoms with Gasteiger partial charge in [0.1, 0.15) is 84.3 Å². The topological polar surface area (TPSA) is 747 Å². The second kappa shape index (κ2) is 54.5. The van der Waals surface area contributed by atoms with Crippen LogP contribution in [-0.4, -0.2) is 302 Å². The fraction of sp³-hybridized carbons (Fsp3) is 0.590. The number of likely N-dealkylation sites (tertiary alicyclic amines) is 1. The molecule has 0 aromatic heterocycles. The molecule has 0 saturated carbocycles. The van der Waals surface area contributed by atoms with Crippen LogP contribution in [0, 0.1) is 28.6 Å². The van der Waals surface area contributed by atoms with Gasteiger partial charge in [0.2, 0.25) is 94.5 Å². The molecule has 1 aliphatic rings. The van der Waals surface area contributed by atoms with Crippen LogP contribution in [0.2, 0.25) is 0 Å². The van der Waals surface area contributed by atoms with Crippen LogP contribution < -0.4 is 103 Å². The monoisotopic (exact) mass is 1810 g/mol. The van der Waals surface area contributed by atoms with Crippen LogP contribution in [0.15, 0.2) is 54.6 Å². The van der Waals surface area contributed by atoms with E-state index in [2.05, 4.69) is 105 Å². The number of aromatic hydroxyl groups is 1. The third kappa shape index (κ3) is 36.6. The van der Waals surface area contributed by atoms with Crippen LogP contribution in [0.4, 0.5) is 0 Å². The first-order valence-electron chi connectivity index (χ1n) is 40.7. The molecule has 48 heteroatoms. The third-order valence-corrected chi connectivity index (χ3v) is 21.0. The van der Waals surface area contributed by atoms with E-state index in [0.29, 0.717) is 17.5 Å². The van der Waals surface area contributed by atoms with Crippen molar-refractivity contribution in [3.8, 4) is 5.75 Å². The minimum atomic E-state index is -1.93. The van der Waals surface area contributed by atoms with E-state index >= 15 is 0 Å². The van der Waals surface area contributed by atoms with Gasteiger partial charge in [-0.05, 0) is 92.9 Å². The lowest BCUT2D eigenvalue weighted by Crippen LogP contribution is -2.62. The Bertz CT molecular complexity index is 4120. The fourth-order valence-corrected chi connectivity index (χ4v) is 13.5. The summed E-state index contributed by atoms with van der Waals surface area (Å²) in [6, 6.07) is -7.89. The summed E-state index contributed by atoms with van der Waals surface area (Å²) in [5, 5.41) is 102. The molecule has 16 amide bonds. The predicted octanol–water partition coefficient (Wildman–Crippen LogP) is -8.17. The van der Waals surface area contributed by atoms with Crippen LogP contribution in [0.25, 0.3) is 0 Å². The molecule has 3 rings (SSSR count). The SMILES string of the molecule is CC[C@H](C)[C@H](NC(=O)[C@H](CCCNC(=N)N)N1C(=O)C(N)CC1C)C(=O)NC(C(=O)NC(CCC(N)=O)C(=O)N[C@@H](CS)C(=O)N(C)C(CCCNC(=N)N)C(=O)NC(CO)C(=O)N[C@H](C(=O)NC(CCC(=O)O)C(=O)NCC(=O)N[C@@H](CO)C(=O)N[C@@H](CS)C(=O)NCC(=O)N[C@@H](Cc1ccccc1)C(=O)NC(Cc1ccc(O)cc1)C(=O)O)C(C)C)C(C)C. The minimum Gasteiger partial charge on any atom is -0.508 e. The van der Waals surface area contributed by atoms with Crippen molar-refractivity contribution in [2.75, 3.05) is 57.9 Å². The van der Waals surface area contributed by atoms with Gasteiger partial charge in [-0.3, -0.25) is 92.3 Å². The third-order valence-electron chi connectivity index (χ3n) is 20.3. The molecule has 126 heavy (non-hydrogen) atoms. The van der Waals surface area contributed by atoms with Gasteiger partial charge < -0.3 is 138 Å². The summed E-state index contributed by atoms with van der Waals surface area (Å²) in [7, 11) is 1.13. The Kier molecular flexibility index (Phi) is 46.8. The number of benzene rings is 2. The standard InChI is InChI=1S/C78H123N23O23S2/c1-9-40(6)62(99-70(117)55(18-14-28-86-78(83)84)101-41(7)29-45(79)74(101)121)73(120)98-61(39(4)5)72(119)92-47(23-25-56(80)105)65(112)96-53(37-126)75(122)100(8)54(17-13-27-85-77(81)82)69(116)94-51(35-103)68(115)97-60(38(2)3)71(118)91-46(24-26-59(108)109)63(110)87-33-58(107)90-50(34-102)67(114)95-52(36-125)64(111)88-32-57(106)89-48(30-42-15-11-10-12-16-42)66(113)93-49(76(123)124)31-43-19-21-44(104)22-20-43/h10-12,15-16,19-22,38-41,45-55,60-62,102-104,125-126H,9,13-14,17-18,23-37,79H2,1-8H3,(H2,80,105)(H,87,110)(H,88,111)(H,89,106)(H,90,107)(H,91,118)(H,92,119)(H,93,113)(H,94,116)(H,95,114)(H,96,112)(H,97,115)(H,98,120)(H,99,117)(H,108,109)(H,123,124)(H4,81,82,85)(H4,83,84,86)/t40-,41?,45?,46?,47?,48-,49?,50-,51?,52-,53-,54?,55-,60-,61?,62-/m0/s1.